The van der Waals surface area contributed by atoms with E-state index in [2.05, 4.69) is 41.7 Å². The van der Waals surface area contributed by atoms with E-state index in [1.807, 2.05) is 13.8 Å². The first-order valence-corrected chi connectivity index (χ1v) is 23.7. The number of benzene rings is 5. The number of carbonyl (C=O) groups is 6. The van der Waals surface area contributed by atoms with Crippen molar-refractivity contribution in [2.45, 2.75) is 70.3 Å². The van der Waals surface area contributed by atoms with Crippen molar-refractivity contribution in [2.75, 3.05) is 34.5 Å². The molecule has 0 saturated carbocycles. The minimum Gasteiger partial charge on any atom is -0.494 e. The van der Waals surface area contributed by atoms with E-state index in [0.29, 0.717) is 52.8 Å². The lowest BCUT2D eigenvalue weighted by atomic mass is 10.1. The quantitative estimate of drug-likeness (QED) is 0.0314. The van der Waals surface area contributed by atoms with Gasteiger partial charge in [0.1, 0.15) is 22.9 Å². The normalized spacial score (nSPS) is 13.0. The van der Waals surface area contributed by atoms with Crippen LogP contribution in [0.15, 0.2) is 111 Å². The average molecular weight is 1050 g/mol. The van der Waals surface area contributed by atoms with Crippen LogP contribution >= 0.6 is 58.0 Å². The zero-order valence-electron chi connectivity index (χ0n) is 38.5. The lowest BCUT2D eigenvalue weighted by molar-refractivity contribution is -0.127. The lowest BCUT2D eigenvalue weighted by Crippen LogP contribution is -2.32. The van der Waals surface area contributed by atoms with E-state index < -0.39 is 58.0 Å². The Balaban J connectivity index is 1.27. The Morgan fingerprint density at radius 3 is 1.40 bits per heavy atom. The third-order valence-electron chi connectivity index (χ3n) is 10.0. The Bertz CT molecular complexity index is 2860. The average Bonchev–Trinajstić information content (AvgIpc) is 3.30. The van der Waals surface area contributed by atoms with Gasteiger partial charge in [0.25, 0.3) is 23.6 Å². The largest absolute Gasteiger partial charge is 0.494 e. The molecule has 5 aromatic carbocycles. The first kappa shape index (κ1) is 54.5. The van der Waals surface area contributed by atoms with E-state index in [0.717, 1.165) is 13.8 Å². The summed E-state index contributed by atoms with van der Waals surface area (Å²) in [5.74, 6) is -3.21. The van der Waals surface area contributed by atoms with E-state index in [1.54, 1.807) is 50.2 Å². The van der Waals surface area contributed by atoms with Crippen molar-refractivity contribution < 1.29 is 38.2 Å². The molecule has 0 aliphatic carbocycles. The minimum atomic E-state index is -1.65. The van der Waals surface area contributed by atoms with Gasteiger partial charge in [0.15, 0.2) is 11.6 Å². The second-order valence-corrected chi connectivity index (χ2v) is 17.7. The van der Waals surface area contributed by atoms with Crippen molar-refractivity contribution in [1.29, 1.82) is 0 Å². The number of nitrogens with one attached hydrogen (secondary N) is 4. The highest BCUT2D eigenvalue weighted by Gasteiger charge is 2.27. The van der Waals surface area contributed by atoms with E-state index in [1.165, 1.54) is 54.6 Å². The predicted molar refractivity (Wildman–Crippen MR) is 274 cm³/mol. The first-order valence-electron chi connectivity index (χ1n) is 21.5. The van der Waals surface area contributed by atoms with Gasteiger partial charge in [0.2, 0.25) is 12.1 Å². The number of anilines is 4. The number of azo groups is 2. The zero-order valence-corrected chi connectivity index (χ0v) is 42.3. The molecule has 16 nitrogen and oxygen atoms in total. The maximum absolute atomic E-state index is 13.5. The monoisotopic (exact) mass is 1050 g/mol. The molecule has 0 aliphatic rings. The molecule has 0 saturated heterocycles. The second-order valence-electron chi connectivity index (χ2n) is 15.3. The van der Waals surface area contributed by atoms with Gasteiger partial charge in [-0.1, -0.05) is 35.3 Å². The third kappa shape index (κ3) is 14.6. The van der Waals surface area contributed by atoms with Gasteiger partial charge in [-0.15, -0.1) is 34.8 Å². The first-order chi connectivity index (χ1) is 33.3. The summed E-state index contributed by atoms with van der Waals surface area (Å²) in [6, 6.07) is 19.8. The molecule has 0 radical (unpaired) electrons. The number of ketones is 2. The highest BCUT2D eigenvalue weighted by atomic mass is 35.5. The van der Waals surface area contributed by atoms with Crippen molar-refractivity contribution in [3.05, 3.63) is 129 Å². The van der Waals surface area contributed by atoms with Crippen molar-refractivity contribution in [2.24, 2.45) is 20.5 Å². The van der Waals surface area contributed by atoms with Gasteiger partial charge in [0.05, 0.1) is 34.0 Å². The number of halogens is 5. The fourth-order valence-electron chi connectivity index (χ4n) is 6.54. The highest BCUT2D eigenvalue weighted by molar-refractivity contribution is 6.33. The molecule has 0 aromatic heterocycles. The Morgan fingerprint density at radius 1 is 0.557 bits per heavy atom. The number of ether oxygens (including phenoxy) is 2. The molecule has 0 aliphatic heterocycles. The van der Waals surface area contributed by atoms with Gasteiger partial charge >= 0.3 is 0 Å². The summed E-state index contributed by atoms with van der Waals surface area (Å²) in [7, 11) is 0. The van der Waals surface area contributed by atoms with Crippen molar-refractivity contribution in [1.82, 2.24) is 0 Å². The Kier molecular flexibility index (Phi) is 19.8. The topological polar surface area (TPSA) is 218 Å². The predicted octanol–water partition coefficient (Wildman–Crippen LogP) is 13.0. The van der Waals surface area contributed by atoms with E-state index in [-0.39, 0.29) is 49.8 Å². The maximum atomic E-state index is 13.5. The summed E-state index contributed by atoms with van der Waals surface area (Å²) in [6.45, 7) is 10.3. The molecule has 4 atom stereocenters. The van der Waals surface area contributed by atoms with Gasteiger partial charge in [-0.05, 0) is 125 Å². The molecule has 5 rings (SSSR count). The number of hydrogen-bond donors (Lipinski definition) is 4. The molecule has 4 amide bonds. The van der Waals surface area contributed by atoms with Crippen molar-refractivity contribution in [3.63, 3.8) is 0 Å². The number of hydrogen-bond acceptors (Lipinski definition) is 12. The van der Waals surface area contributed by atoms with Crippen molar-refractivity contribution in [3.8, 4) is 11.5 Å². The molecule has 0 spiro atoms. The summed E-state index contributed by atoms with van der Waals surface area (Å²) >= 11 is 31.8. The Hall–Kier alpha value is -6.43. The third-order valence-corrected chi connectivity index (χ3v) is 11.4. The molecule has 21 heteroatoms. The number of rotatable bonds is 21. The molecule has 5 aromatic rings. The number of nitrogens with zero attached hydrogens (tertiary/aromatic N) is 4. The molecule has 0 bridgehead atoms. The van der Waals surface area contributed by atoms with E-state index in [9.17, 15) is 28.8 Å². The summed E-state index contributed by atoms with van der Waals surface area (Å²) in [5.41, 5.74) is 3.15. The van der Waals surface area contributed by atoms with Crippen LogP contribution < -0.4 is 30.7 Å². The van der Waals surface area contributed by atoms with Crippen LogP contribution in [-0.4, -0.2) is 60.5 Å². The smallest absolute Gasteiger partial charge is 0.258 e. The van der Waals surface area contributed by atoms with Crippen LogP contribution in [0.5, 0.6) is 11.5 Å². The fourth-order valence-corrected chi connectivity index (χ4v) is 7.45. The molecule has 0 heterocycles. The second kappa shape index (κ2) is 25.4. The van der Waals surface area contributed by atoms with Gasteiger partial charge in [-0.2, -0.15) is 20.5 Å². The fraction of sp³-hybridized carbons (Fsp3) is 0.265. The number of carbonyl (C=O) groups excluding carboxylic acids is 6. The summed E-state index contributed by atoms with van der Waals surface area (Å²) < 4.78 is 11.2. The van der Waals surface area contributed by atoms with Crippen LogP contribution in [0.2, 0.25) is 10.0 Å². The zero-order chi connectivity index (χ0) is 51.2. The van der Waals surface area contributed by atoms with Crippen LogP contribution in [0.25, 0.3) is 0 Å². The minimum absolute atomic E-state index is 0.00313. The molecular weight excluding hydrogens is 1010 g/mol. The highest BCUT2D eigenvalue weighted by Crippen LogP contribution is 2.35. The van der Waals surface area contributed by atoms with Gasteiger partial charge in [0, 0.05) is 51.9 Å². The maximum Gasteiger partial charge on any atom is 0.258 e. The Morgan fingerprint density at radius 2 is 1.00 bits per heavy atom. The van der Waals surface area contributed by atoms with Gasteiger partial charge in [-0.25, -0.2) is 0 Å². The number of amides is 4. The lowest BCUT2D eigenvalue weighted by Gasteiger charge is -2.15. The van der Waals surface area contributed by atoms with Crippen LogP contribution in [0.1, 0.15) is 89.7 Å². The molecular formula is C49H47Cl5N8O8. The van der Waals surface area contributed by atoms with Crippen molar-refractivity contribution >= 4 is 127 Å². The molecule has 4 unspecified atom stereocenters. The Labute approximate surface area is 428 Å². The summed E-state index contributed by atoms with van der Waals surface area (Å²) in [6.07, 6.45) is 0. The van der Waals surface area contributed by atoms with Crippen LogP contribution in [0.3, 0.4) is 0 Å². The standard InChI is InChI=1S/C49H47Cl5N8O8/c1-7-69-33-12-14-35(25(3)51)40(22-33)57-46(65)29-9-16-37(53)42(20-29)59-61-44(27(5)63)48(67)55-32-11-18-39(31(19-32)24-50)56-49(68)45(28(6)64)62-60-43-21-30(10-17-38(43)54)47(66)58-41-23-34(70-8-2)13-15-36(41)26(4)52/h9-23,25-26,44-45H,7-8,24H2,1-6H3,(H,55,67)(H,56,68)(H,57,65)(H,58,66). The summed E-state index contributed by atoms with van der Waals surface area (Å²) in [5, 5.41) is 26.3. The SMILES string of the molecule is CCOc1ccc(C(C)Cl)c(NC(=O)c2ccc(Cl)c(N=NC(C(C)=O)C(=O)Nc3ccc(NC(=O)C(N=Nc4cc(C(=O)Nc5cc(OCC)ccc5C(C)Cl)ccc4Cl)C(C)=O)c(CCl)c3)c2)c1. The van der Waals surface area contributed by atoms with Crippen LogP contribution in [0.4, 0.5) is 34.1 Å². The number of Topliss-reactive ketones (excluding diaryl/α,β-unsaturated/α-hetero) is 2. The van der Waals surface area contributed by atoms with Crippen LogP contribution in [-0.2, 0) is 25.1 Å². The van der Waals surface area contributed by atoms with E-state index >= 15 is 0 Å². The van der Waals surface area contributed by atoms with Gasteiger partial charge in [-0.3, -0.25) is 28.8 Å². The van der Waals surface area contributed by atoms with Gasteiger partial charge < -0.3 is 30.7 Å². The molecule has 0 fully saturated rings. The molecule has 366 valence electrons. The van der Waals surface area contributed by atoms with E-state index in [4.69, 9.17) is 67.5 Å². The molecule has 4 N–H and O–H groups in total. The molecule has 70 heavy (non-hydrogen) atoms. The number of alkyl halides is 3. The summed E-state index contributed by atoms with van der Waals surface area (Å²) in [4.78, 5) is 79.1. The van der Waals surface area contributed by atoms with Crippen LogP contribution in [0, 0.1) is 0 Å².